The first-order valence-electron chi connectivity index (χ1n) is 9.54. The third kappa shape index (κ3) is 7.22. The van der Waals surface area contributed by atoms with Crippen LogP contribution in [0.4, 0.5) is 10.1 Å². The molecule has 1 heterocycles. The lowest BCUT2D eigenvalue weighted by Crippen LogP contribution is -2.24. The molecule has 0 bridgehead atoms. The Bertz CT molecular complexity index is 940. The lowest BCUT2D eigenvalue weighted by molar-refractivity contribution is -0.115. The van der Waals surface area contributed by atoms with Crippen molar-refractivity contribution in [3.8, 4) is 0 Å². The Balaban J connectivity index is 0.00000320. The van der Waals surface area contributed by atoms with Crippen molar-refractivity contribution < 1.29 is 14.3 Å². The summed E-state index contributed by atoms with van der Waals surface area (Å²) in [5.74, 6) is -0.527. The summed E-state index contributed by atoms with van der Waals surface area (Å²) in [6.45, 7) is 0.879. The van der Waals surface area contributed by atoms with Gasteiger partial charge in [0.05, 0.1) is 12.5 Å². The maximum Gasteiger partial charge on any atom is 0.230 e. The highest BCUT2D eigenvalue weighted by Crippen LogP contribution is 2.15. The number of nitrogens with one attached hydrogen (secondary N) is 2. The van der Waals surface area contributed by atoms with Gasteiger partial charge in [-0.25, -0.2) is 4.39 Å². The molecule has 7 heteroatoms. The average Bonchev–Trinajstić information content (AvgIpc) is 2.72. The summed E-state index contributed by atoms with van der Waals surface area (Å²) < 4.78 is 13.7. The van der Waals surface area contributed by atoms with Gasteiger partial charge in [0, 0.05) is 29.7 Å². The van der Waals surface area contributed by atoms with E-state index in [1.54, 1.807) is 24.4 Å². The SMILES string of the molecule is Cl.O=C(Cc1cc(CCNCC(O)c2ccccc2F)ccn1)Nc1ccccc1. The summed E-state index contributed by atoms with van der Waals surface area (Å²) in [5.41, 5.74) is 2.78. The fourth-order valence-corrected chi connectivity index (χ4v) is 3.00. The van der Waals surface area contributed by atoms with Gasteiger partial charge in [0.2, 0.25) is 5.91 Å². The van der Waals surface area contributed by atoms with Crippen LogP contribution in [0.15, 0.2) is 72.9 Å². The van der Waals surface area contributed by atoms with Gasteiger partial charge in [-0.05, 0) is 48.9 Å². The molecule has 5 nitrogen and oxygen atoms in total. The minimum Gasteiger partial charge on any atom is -0.387 e. The number of aliphatic hydroxyl groups excluding tert-OH is 1. The minimum absolute atomic E-state index is 0. The van der Waals surface area contributed by atoms with Crippen molar-refractivity contribution in [2.24, 2.45) is 0 Å². The predicted molar refractivity (Wildman–Crippen MR) is 118 cm³/mol. The summed E-state index contributed by atoms with van der Waals surface area (Å²) in [4.78, 5) is 16.4. The Morgan fingerprint density at radius 1 is 1.07 bits per heavy atom. The molecule has 30 heavy (non-hydrogen) atoms. The average molecular weight is 430 g/mol. The molecule has 3 aromatic rings. The number of carbonyl (C=O) groups excluding carboxylic acids is 1. The van der Waals surface area contributed by atoms with Crippen molar-refractivity contribution in [1.82, 2.24) is 10.3 Å². The summed E-state index contributed by atoms with van der Waals surface area (Å²) >= 11 is 0. The van der Waals surface area contributed by atoms with E-state index in [0.29, 0.717) is 18.7 Å². The molecule has 0 radical (unpaired) electrons. The maximum absolute atomic E-state index is 13.7. The van der Waals surface area contributed by atoms with Crippen molar-refractivity contribution in [2.75, 3.05) is 18.4 Å². The van der Waals surface area contributed by atoms with Crippen LogP contribution in [-0.2, 0) is 17.6 Å². The van der Waals surface area contributed by atoms with Gasteiger partial charge in [0.1, 0.15) is 5.82 Å². The third-order valence-corrected chi connectivity index (χ3v) is 4.47. The molecule has 0 aliphatic rings. The summed E-state index contributed by atoms with van der Waals surface area (Å²) in [6, 6.07) is 19.3. The first-order valence-corrected chi connectivity index (χ1v) is 9.54. The van der Waals surface area contributed by atoms with E-state index in [4.69, 9.17) is 0 Å². The lowest BCUT2D eigenvalue weighted by Gasteiger charge is -2.13. The Morgan fingerprint density at radius 2 is 1.80 bits per heavy atom. The van der Waals surface area contributed by atoms with Crippen LogP contribution in [-0.4, -0.2) is 29.1 Å². The molecular weight excluding hydrogens is 405 g/mol. The van der Waals surface area contributed by atoms with Crippen LogP contribution in [0.2, 0.25) is 0 Å². The van der Waals surface area contributed by atoms with Crippen molar-refractivity contribution in [3.63, 3.8) is 0 Å². The number of nitrogens with zero attached hydrogens (tertiary/aromatic N) is 1. The van der Waals surface area contributed by atoms with Gasteiger partial charge in [-0.2, -0.15) is 0 Å². The number of benzene rings is 2. The molecule has 0 spiro atoms. The first kappa shape index (κ1) is 23.5. The van der Waals surface area contributed by atoms with Gasteiger partial charge in [-0.3, -0.25) is 9.78 Å². The maximum atomic E-state index is 13.7. The highest BCUT2D eigenvalue weighted by atomic mass is 35.5. The molecule has 2 aromatic carbocycles. The van der Waals surface area contributed by atoms with Crippen LogP contribution in [0.5, 0.6) is 0 Å². The number of carbonyl (C=O) groups is 1. The smallest absolute Gasteiger partial charge is 0.230 e. The second-order valence-electron chi connectivity index (χ2n) is 6.74. The summed E-state index contributed by atoms with van der Waals surface area (Å²) in [5, 5.41) is 16.1. The van der Waals surface area contributed by atoms with Crippen molar-refractivity contribution in [1.29, 1.82) is 0 Å². The Kier molecular flexibility index (Phi) is 9.41. The van der Waals surface area contributed by atoms with Gasteiger partial charge < -0.3 is 15.7 Å². The van der Waals surface area contributed by atoms with Gasteiger partial charge in [0.25, 0.3) is 0 Å². The molecule has 0 fully saturated rings. The lowest BCUT2D eigenvalue weighted by atomic mass is 10.1. The number of amides is 1. The fraction of sp³-hybridized carbons (Fsp3) is 0.217. The monoisotopic (exact) mass is 429 g/mol. The number of pyridine rings is 1. The van der Waals surface area contributed by atoms with Crippen LogP contribution >= 0.6 is 12.4 Å². The molecule has 158 valence electrons. The number of hydrogen-bond acceptors (Lipinski definition) is 4. The number of hydrogen-bond donors (Lipinski definition) is 3. The van der Waals surface area contributed by atoms with E-state index in [1.807, 2.05) is 42.5 Å². The topological polar surface area (TPSA) is 74.2 Å². The van der Waals surface area contributed by atoms with Crippen molar-refractivity contribution in [3.05, 3.63) is 95.6 Å². The number of para-hydroxylation sites is 1. The van der Waals surface area contributed by atoms with E-state index in [0.717, 1.165) is 11.3 Å². The number of rotatable bonds is 9. The quantitative estimate of drug-likeness (QED) is 0.453. The zero-order chi connectivity index (χ0) is 20.5. The van der Waals surface area contributed by atoms with Crippen LogP contribution in [0, 0.1) is 5.82 Å². The zero-order valence-electron chi connectivity index (χ0n) is 16.4. The molecule has 1 amide bonds. The van der Waals surface area contributed by atoms with E-state index >= 15 is 0 Å². The Labute approximate surface area is 181 Å². The Hall–Kier alpha value is -2.80. The molecule has 0 saturated carbocycles. The van der Waals surface area contributed by atoms with Crippen LogP contribution in [0.25, 0.3) is 0 Å². The van der Waals surface area contributed by atoms with E-state index in [1.165, 1.54) is 6.07 Å². The summed E-state index contributed by atoms with van der Waals surface area (Å²) in [6.07, 6.45) is 1.70. The third-order valence-electron chi connectivity index (χ3n) is 4.47. The van der Waals surface area contributed by atoms with Crippen LogP contribution < -0.4 is 10.6 Å². The van der Waals surface area contributed by atoms with Crippen molar-refractivity contribution >= 4 is 24.0 Å². The van der Waals surface area contributed by atoms with Gasteiger partial charge >= 0.3 is 0 Å². The van der Waals surface area contributed by atoms with Crippen LogP contribution in [0.3, 0.4) is 0 Å². The van der Waals surface area contributed by atoms with E-state index in [2.05, 4.69) is 15.6 Å². The number of anilines is 1. The molecule has 0 aliphatic heterocycles. The van der Waals surface area contributed by atoms with E-state index in [-0.39, 0.29) is 36.8 Å². The zero-order valence-corrected chi connectivity index (χ0v) is 17.2. The highest BCUT2D eigenvalue weighted by Gasteiger charge is 2.11. The molecule has 1 aromatic heterocycles. The number of aromatic nitrogens is 1. The first-order chi connectivity index (χ1) is 14.1. The largest absolute Gasteiger partial charge is 0.387 e. The molecule has 0 aliphatic carbocycles. The molecule has 3 N–H and O–H groups in total. The number of halogens is 2. The molecule has 0 saturated heterocycles. The van der Waals surface area contributed by atoms with Crippen molar-refractivity contribution in [2.45, 2.75) is 18.9 Å². The minimum atomic E-state index is -0.897. The fourth-order valence-electron chi connectivity index (χ4n) is 3.00. The second-order valence-corrected chi connectivity index (χ2v) is 6.74. The summed E-state index contributed by atoms with van der Waals surface area (Å²) in [7, 11) is 0. The Morgan fingerprint density at radius 3 is 2.57 bits per heavy atom. The van der Waals surface area contributed by atoms with Gasteiger partial charge in [0.15, 0.2) is 0 Å². The number of aliphatic hydroxyl groups is 1. The molecule has 1 unspecified atom stereocenters. The van der Waals surface area contributed by atoms with Gasteiger partial charge in [-0.1, -0.05) is 36.4 Å². The predicted octanol–water partition coefficient (Wildman–Crippen LogP) is 3.69. The van der Waals surface area contributed by atoms with E-state index in [9.17, 15) is 14.3 Å². The van der Waals surface area contributed by atoms with Gasteiger partial charge in [-0.15, -0.1) is 12.4 Å². The molecule has 3 rings (SSSR count). The highest BCUT2D eigenvalue weighted by molar-refractivity contribution is 5.91. The van der Waals surface area contributed by atoms with E-state index < -0.39 is 11.9 Å². The second kappa shape index (κ2) is 12.0. The molecular formula is C23H25ClFN3O2. The van der Waals surface area contributed by atoms with Crippen LogP contribution in [0.1, 0.15) is 22.9 Å². The standard InChI is InChI=1S/C23H24FN3O2.ClH/c24-21-9-5-4-8-20(21)22(28)16-25-12-10-17-11-13-26-19(14-17)15-23(29)27-18-6-2-1-3-7-18;/h1-9,11,13-14,22,25,28H,10,12,15-16H2,(H,27,29);1H. The normalized spacial score (nSPS) is 11.4. The molecule has 1 atom stereocenters.